The highest BCUT2D eigenvalue weighted by atomic mass is 35.5. The van der Waals surface area contributed by atoms with Gasteiger partial charge in [0, 0.05) is 23.8 Å². The number of nitrogens with zero attached hydrogens (tertiary/aromatic N) is 1. The lowest BCUT2D eigenvalue weighted by Crippen LogP contribution is -2.39. The minimum Gasteiger partial charge on any atom is -0.443 e. The molecule has 0 aromatic heterocycles. The predicted molar refractivity (Wildman–Crippen MR) is 116 cm³/mol. The topological polar surface area (TPSA) is 70.7 Å². The average molecular weight is 416 g/mol. The molecular formula is C22H26ClN3O3. The Hall–Kier alpha value is -2.73. The van der Waals surface area contributed by atoms with Crippen molar-refractivity contribution >= 4 is 35.1 Å². The van der Waals surface area contributed by atoms with Gasteiger partial charge in [-0.1, -0.05) is 29.8 Å². The van der Waals surface area contributed by atoms with Gasteiger partial charge < -0.3 is 15.4 Å². The van der Waals surface area contributed by atoms with Crippen molar-refractivity contribution in [2.45, 2.75) is 45.8 Å². The third kappa shape index (κ3) is 5.64. The van der Waals surface area contributed by atoms with E-state index in [-0.39, 0.29) is 12.1 Å². The summed E-state index contributed by atoms with van der Waals surface area (Å²) in [4.78, 5) is 26.4. The van der Waals surface area contributed by atoms with Gasteiger partial charge in [0.25, 0.3) is 0 Å². The number of hydrogen-bond donors (Lipinski definition) is 2. The summed E-state index contributed by atoms with van der Waals surface area (Å²) >= 11 is 6.11. The zero-order valence-corrected chi connectivity index (χ0v) is 17.7. The van der Waals surface area contributed by atoms with Crippen molar-refractivity contribution in [3.05, 3.63) is 58.6 Å². The van der Waals surface area contributed by atoms with Crippen LogP contribution in [0, 0.1) is 0 Å². The van der Waals surface area contributed by atoms with Crippen LogP contribution >= 0.6 is 11.6 Å². The quantitative estimate of drug-likeness (QED) is 0.709. The highest BCUT2D eigenvalue weighted by molar-refractivity contribution is 6.31. The maximum Gasteiger partial charge on any atom is 0.414 e. The summed E-state index contributed by atoms with van der Waals surface area (Å²) in [5, 5.41) is 6.25. The third-order valence-corrected chi connectivity index (χ3v) is 4.84. The Morgan fingerprint density at radius 3 is 2.66 bits per heavy atom. The summed E-state index contributed by atoms with van der Waals surface area (Å²) in [6, 6.07) is 12.6. The summed E-state index contributed by atoms with van der Waals surface area (Å²) in [5.74, 6) is 0. The van der Waals surface area contributed by atoms with Crippen LogP contribution in [0.5, 0.6) is 0 Å². The normalized spacial score (nSPS) is 13.4. The molecule has 3 rings (SSSR count). The van der Waals surface area contributed by atoms with E-state index in [4.69, 9.17) is 16.3 Å². The van der Waals surface area contributed by atoms with Crippen molar-refractivity contribution in [1.29, 1.82) is 0 Å². The molecule has 0 bridgehead atoms. The van der Waals surface area contributed by atoms with Crippen LogP contribution in [-0.2, 0) is 17.7 Å². The van der Waals surface area contributed by atoms with Crippen LogP contribution in [-0.4, -0.2) is 24.3 Å². The molecule has 0 fully saturated rings. The summed E-state index contributed by atoms with van der Waals surface area (Å²) in [6.45, 7) is 6.51. The maximum atomic E-state index is 12.5. The third-order valence-electron chi connectivity index (χ3n) is 4.47. The van der Waals surface area contributed by atoms with Crippen molar-refractivity contribution in [2.75, 3.05) is 16.8 Å². The molecule has 0 saturated heterocycles. The van der Waals surface area contributed by atoms with Crippen LogP contribution in [0.3, 0.4) is 0 Å². The van der Waals surface area contributed by atoms with Crippen molar-refractivity contribution in [3.8, 4) is 0 Å². The Morgan fingerprint density at radius 2 is 1.93 bits per heavy atom. The molecule has 0 aliphatic carbocycles. The SMILES string of the molecule is CC(C)(C)OC(=O)N1CCCc2cc(NC(=O)NCc3ccccc3Cl)ccc21. The highest BCUT2D eigenvalue weighted by Crippen LogP contribution is 2.31. The molecule has 0 radical (unpaired) electrons. The Balaban J connectivity index is 1.64. The van der Waals surface area contributed by atoms with Crippen molar-refractivity contribution < 1.29 is 14.3 Å². The summed E-state index contributed by atoms with van der Waals surface area (Å²) in [6.07, 6.45) is 1.33. The molecule has 0 saturated carbocycles. The van der Waals surface area contributed by atoms with E-state index in [0.717, 1.165) is 29.7 Å². The lowest BCUT2D eigenvalue weighted by Gasteiger charge is -2.32. The number of fused-ring (bicyclic) bond motifs is 1. The van der Waals surface area contributed by atoms with E-state index in [0.29, 0.717) is 23.8 Å². The second kappa shape index (κ2) is 8.74. The van der Waals surface area contributed by atoms with Gasteiger partial charge in [0.15, 0.2) is 0 Å². The van der Waals surface area contributed by atoms with E-state index in [1.165, 1.54) is 0 Å². The van der Waals surface area contributed by atoms with Crippen molar-refractivity contribution in [2.24, 2.45) is 0 Å². The number of carbonyl (C=O) groups is 2. The second-order valence-electron chi connectivity index (χ2n) is 7.98. The minimum absolute atomic E-state index is 0.315. The van der Waals surface area contributed by atoms with Crippen LogP contribution in [0.2, 0.25) is 5.02 Å². The number of rotatable bonds is 3. The molecule has 3 amide bonds. The Kier molecular flexibility index (Phi) is 6.33. The molecule has 1 aliphatic rings. The molecule has 154 valence electrons. The molecule has 0 atom stereocenters. The van der Waals surface area contributed by atoms with Gasteiger partial charge in [-0.2, -0.15) is 0 Å². The van der Waals surface area contributed by atoms with Crippen molar-refractivity contribution in [3.63, 3.8) is 0 Å². The van der Waals surface area contributed by atoms with Crippen LogP contribution in [0.25, 0.3) is 0 Å². The first-order valence-electron chi connectivity index (χ1n) is 9.64. The maximum absolute atomic E-state index is 12.5. The molecule has 2 aromatic carbocycles. The first-order chi connectivity index (χ1) is 13.7. The van der Waals surface area contributed by atoms with Gasteiger partial charge in [-0.3, -0.25) is 4.90 Å². The number of ether oxygens (including phenoxy) is 1. The number of amides is 3. The summed E-state index contributed by atoms with van der Waals surface area (Å²) in [5.41, 5.74) is 2.81. The molecule has 0 spiro atoms. The fourth-order valence-corrected chi connectivity index (χ4v) is 3.38. The zero-order valence-electron chi connectivity index (χ0n) is 16.9. The number of halogens is 1. The first kappa shape index (κ1) is 21.0. The Morgan fingerprint density at radius 1 is 1.17 bits per heavy atom. The number of carbonyl (C=O) groups excluding carboxylic acids is 2. The second-order valence-corrected chi connectivity index (χ2v) is 8.39. The van der Waals surface area contributed by atoms with Gasteiger partial charge in [0.05, 0.1) is 5.69 Å². The van der Waals surface area contributed by atoms with Crippen molar-refractivity contribution in [1.82, 2.24) is 5.32 Å². The van der Waals surface area contributed by atoms with E-state index in [2.05, 4.69) is 10.6 Å². The van der Waals surface area contributed by atoms with Crippen LogP contribution in [0.15, 0.2) is 42.5 Å². The lowest BCUT2D eigenvalue weighted by atomic mass is 10.0. The minimum atomic E-state index is -0.546. The zero-order chi connectivity index (χ0) is 21.0. The smallest absolute Gasteiger partial charge is 0.414 e. The molecule has 1 heterocycles. The molecule has 1 aliphatic heterocycles. The van der Waals surface area contributed by atoms with E-state index in [1.807, 2.05) is 51.1 Å². The van der Waals surface area contributed by atoms with Gasteiger partial charge >= 0.3 is 12.1 Å². The van der Waals surface area contributed by atoms with Gasteiger partial charge in [-0.25, -0.2) is 9.59 Å². The molecule has 29 heavy (non-hydrogen) atoms. The number of aryl methyl sites for hydroxylation is 1. The van der Waals surface area contributed by atoms with Gasteiger partial charge in [-0.05, 0) is 69.0 Å². The lowest BCUT2D eigenvalue weighted by molar-refractivity contribution is 0.0578. The number of nitrogens with one attached hydrogen (secondary N) is 2. The van der Waals surface area contributed by atoms with Crippen LogP contribution < -0.4 is 15.5 Å². The van der Waals surface area contributed by atoms with E-state index >= 15 is 0 Å². The Bertz CT molecular complexity index is 908. The molecule has 2 aromatic rings. The largest absolute Gasteiger partial charge is 0.443 e. The Labute approximate surface area is 176 Å². The van der Waals surface area contributed by atoms with E-state index in [9.17, 15) is 9.59 Å². The molecule has 0 unspecified atom stereocenters. The van der Waals surface area contributed by atoms with Gasteiger partial charge in [0.1, 0.15) is 5.60 Å². The number of benzene rings is 2. The summed E-state index contributed by atoms with van der Waals surface area (Å²) in [7, 11) is 0. The van der Waals surface area contributed by atoms with Crippen LogP contribution in [0.1, 0.15) is 38.3 Å². The average Bonchev–Trinajstić information content (AvgIpc) is 2.65. The molecule has 6 nitrogen and oxygen atoms in total. The monoisotopic (exact) mass is 415 g/mol. The first-order valence-corrected chi connectivity index (χ1v) is 10.0. The number of urea groups is 1. The van der Waals surface area contributed by atoms with E-state index < -0.39 is 5.60 Å². The standard InChI is InChI=1S/C22H26ClN3O3/c1-22(2,3)29-21(28)26-12-6-8-15-13-17(10-11-19(15)26)25-20(27)24-14-16-7-4-5-9-18(16)23/h4-5,7,9-11,13H,6,8,12,14H2,1-3H3,(H2,24,25,27). The fraction of sp³-hybridized carbons (Fsp3) is 0.364. The highest BCUT2D eigenvalue weighted by Gasteiger charge is 2.27. The molecule has 7 heteroatoms. The van der Waals surface area contributed by atoms with Gasteiger partial charge in [-0.15, -0.1) is 0 Å². The number of hydrogen-bond acceptors (Lipinski definition) is 3. The number of anilines is 2. The van der Waals surface area contributed by atoms with Crippen LogP contribution in [0.4, 0.5) is 21.0 Å². The predicted octanol–water partition coefficient (Wildman–Crippen LogP) is 5.35. The molecular weight excluding hydrogens is 390 g/mol. The molecule has 2 N–H and O–H groups in total. The summed E-state index contributed by atoms with van der Waals surface area (Å²) < 4.78 is 5.51. The van der Waals surface area contributed by atoms with Gasteiger partial charge in [0.2, 0.25) is 0 Å². The fourth-order valence-electron chi connectivity index (χ4n) is 3.17. The van der Waals surface area contributed by atoms with E-state index in [1.54, 1.807) is 17.0 Å².